The second-order valence-electron chi connectivity index (χ2n) is 4.55. The summed E-state index contributed by atoms with van der Waals surface area (Å²) < 4.78 is 1.82. The Kier molecular flexibility index (Phi) is 3.24. The lowest BCUT2D eigenvalue weighted by atomic mass is 10.2. The van der Waals surface area contributed by atoms with E-state index in [-0.39, 0.29) is 0 Å². The van der Waals surface area contributed by atoms with E-state index >= 15 is 0 Å². The Bertz CT molecular complexity index is 750. The fraction of sp³-hybridized carbons (Fsp3) is 0.133. The van der Waals surface area contributed by atoms with Crippen molar-refractivity contribution in [1.82, 2.24) is 19.7 Å². The van der Waals surface area contributed by atoms with Crippen molar-refractivity contribution in [2.45, 2.75) is 13.8 Å². The van der Waals surface area contributed by atoms with Crippen molar-refractivity contribution < 1.29 is 0 Å². The van der Waals surface area contributed by atoms with Gasteiger partial charge in [-0.2, -0.15) is 0 Å². The van der Waals surface area contributed by atoms with Gasteiger partial charge in [0.1, 0.15) is 0 Å². The summed E-state index contributed by atoms with van der Waals surface area (Å²) in [5.74, 6) is 0.712. The molecule has 0 spiro atoms. The molecule has 0 aliphatic rings. The molecule has 3 aromatic rings. The highest BCUT2D eigenvalue weighted by molar-refractivity contribution is 6.28. The van der Waals surface area contributed by atoms with Crippen molar-refractivity contribution in [3.05, 3.63) is 59.1 Å². The molecule has 5 heteroatoms. The molecular formula is C15H13ClN4. The van der Waals surface area contributed by atoms with E-state index in [9.17, 15) is 0 Å². The van der Waals surface area contributed by atoms with Crippen molar-refractivity contribution in [1.29, 1.82) is 0 Å². The maximum absolute atomic E-state index is 6.20. The molecule has 0 saturated heterocycles. The Morgan fingerprint density at radius 3 is 2.40 bits per heavy atom. The van der Waals surface area contributed by atoms with Gasteiger partial charge in [-0.25, -0.2) is 0 Å². The monoisotopic (exact) mass is 284 g/mol. The van der Waals surface area contributed by atoms with Crippen LogP contribution in [0.15, 0.2) is 42.5 Å². The lowest BCUT2D eigenvalue weighted by Gasteiger charge is -2.10. The van der Waals surface area contributed by atoms with E-state index in [0.717, 1.165) is 22.6 Å². The minimum absolute atomic E-state index is 0.331. The first-order valence-electron chi connectivity index (χ1n) is 6.28. The molecule has 0 unspecified atom stereocenters. The molecule has 4 nitrogen and oxygen atoms in total. The highest BCUT2D eigenvalue weighted by Gasteiger charge is 2.15. The van der Waals surface area contributed by atoms with Crippen LogP contribution in [-0.4, -0.2) is 19.7 Å². The molecule has 0 atom stereocenters. The van der Waals surface area contributed by atoms with Gasteiger partial charge in [-0.15, -0.1) is 10.2 Å². The van der Waals surface area contributed by atoms with Crippen LogP contribution in [-0.2, 0) is 0 Å². The van der Waals surface area contributed by atoms with Crippen LogP contribution in [0.1, 0.15) is 11.4 Å². The molecule has 0 saturated carbocycles. The maximum atomic E-state index is 6.20. The average molecular weight is 285 g/mol. The van der Waals surface area contributed by atoms with Gasteiger partial charge in [-0.05, 0) is 37.6 Å². The number of pyridine rings is 1. The molecule has 20 heavy (non-hydrogen) atoms. The van der Waals surface area contributed by atoms with Crippen LogP contribution in [0.25, 0.3) is 17.1 Å². The van der Waals surface area contributed by atoms with Crippen LogP contribution in [0.2, 0.25) is 5.28 Å². The summed E-state index contributed by atoms with van der Waals surface area (Å²) in [7, 11) is 0. The summed E-state index contributed by atoms with van der Waals surface area (Å²) in [6, 6.07) is 13.8. The number of aromatic nitrogens is 4. The van der Waals surface area contributed by atoms with Crippen LogP contribution in [0.4, 0.5) is 0 Å². The fourth-order valence-electron chi connectivity index (χ4n) is 2.17. The Labute approximate surface area is 122 Å². The Balaban J connectivity index is 2.22. The topological polar surface area (TPSA) is 43.6 Å². The third-order valence-electron chi connectivity index (χ3n) is 3.09. The van der Waals surface area contributed by atoms with Gasteiger partial charge in [-0.3, -0.25) is 9.55 Å². The zero-order valence-electron chi connectivity index (χ0n) is 11.2. The fourth-order valence-corrected chi connectivity index (χ4v) is 2.38. The quantitative estimate of drug-likeness (QED) is 0.722. The first-order chi connectivity index (χ1) is 9.66. The summed E-state index contributed by atoms with van der Waals surface area (Å²) in [6.45, 7) is 3.91. The molecular weight excluding hydrogens is 272 g/mol. The van der Waals surface area contributed by atoms with E-state index in [4.69, 9.17) is 11.6 Å². The molecule has 3 rings (SSSR count). The third-order valence-corrected chi connectivity index (χ3v) is 3.34. The predicted molar refractivity (Wildman–Crippen MR) is 79.1 cm³/mol. The average Bonchev–Trinajstić information content (AvgIpc) is 2.82. The standard InChI is InChI=1S/C15H13ClN4/c1-10-8-9-13(11(2)17-10)20-14(18-19-15(20)16)12-6-4-3-5-7-12/h3-9H,1-2H3. The minimum Gasteiger partial charge on any atom is -0.264 e. The van der Waals surface area contributed by atoms with Gasteiger partial charge in [0.25, 0.3) is 0 Å². The molecule has 100 valence electrons. The molecule has 2 heterocycles. The molecule has 2 aromatic heterocycles. The lowest BCUT2D eigenvalue weighted by molar-refractivity contribution is 0.996. The van der Waals surface area contributed by atoms with Crippen molar-refractivity contribution >= 4 is 11.6 Å². The second kappa shape index (κ2) is 5.06. The number of hydrogen-bond acceptors (Lipinski definition) is 3. The maximum Gasteiger partial charge on any atom is 0.230 e. The van der Waals surface area contributed by atoms with Crippen LogP contribution < -0.4 is 0 Å². The van der Waals surface area contributed by atoms with Crippen LogP contribution >= 0.6 is 11.6 Å². The lowest BCUT2D eigenvalue weighted by Crippen LogP contribution is -2.02. The SMILES string of the molecule is Cc1ccc(-n2c(Cl)nnc2-c2ccccc2)c(C)n1. The zero-order valence-corrected chi connectivity index (χ0v) is 12.0. The van der Waals surface area contributed by atoms with Crippen molar-refractivity contribution in [2.24, 2.45) is 0 Å². The Hall–Kier alpha value is -2.20. The third kappa shape index (κ3) is 2.18. The Morgan fingerprint density at radius 2 is 1.70 bits per heavy atom. The van der Waals surface area contributed by atoms with E-state index < -0.39 is 0 Å². The van der Waals surface area contributed by atoms with Gasteiger partial charge in [0.2, 0.25) is 5.28 Å². The van der Waals surface area contributed by atoms with Gasteiger partial charge >= 0.3 is 0 Å². The molecule has 0 fully saturated rings. The van der Waals surface area contributed by atoms with Gasteiger partial charge < -0.3 is 0 Å². The molecule has 0 aliphatic carbocycles. The van der Waals surface area contributed by atoms with E-state index in [1.807, 2.05) is 60.9 Å². The highest BCUT2D eigenvalue weighted by Crippen LogP contribution is 2.26. The van der Waals surface area contributed by atoms with Gasteiger partial charge in [0.05, 0.1) is 11.4 Å². The molecule has 0 aliphatic heterocycles. The van der Waals surface area contributed by atoms with Crippen molar-refractivity contribution in [2.75, 3.05) is 0 Å². The van der Waals surface area contributed by atoms with Gasteiger partial charge in [0, 0.05) is 11.3 Å². The molecule has 0 bridgehead atoms. The summed E-state index contributed by atoms with van der Waals surface area (Å²) in [4.78, 5) is 4.47. The number of nitrogens with zero attached hydrogens (tertiary/aromatic N) is 4. The van der Waals surface area contributed by atoms with Crippen LogP contribution in [0.3, 0.4) is 0 Å². The number of rotatable bonds is 2. The minimum atomic E-state index is 0.331. The summed E-state index contributed by atoms with van der Waals surface area (Å²) >= 11 is 6.20. The first kappa shape index (κ1) is 12.8. The number of hydrogen-bond donors (Lipinski definition) is 0. The zero-order chi connectivity index (χ0) is 14.1. The van der Waals surface area contributed by atoms with E-state index in [0.29, 0.717) is 11.1 Å². The van der Waals surface area contributed by atoms with Crippen molar-refractivity contribution in [3.8, 4) is 17.1 Å². The largest absolute Gasteiger partial charge is 0.264 e. The normalized spacial score (nSPS) is 10.8. The number of aryl methyl sites for hydroxylation is 2. The number of halogens is 1. The highest BCUT2D eigenvalue weighted by atomic mass is 35.5. The van der Waals surface area contributed by atoms with E-state index in [1.165, 1.54) is 0 Å². The molecule has 1 aromatic carbocycles. The number of benzene rings is 1. The summed E-state index contributed by atoms with van der Waals surface area (Å²) in [5, 5.41) is 8.49. The van der Waals surface area contributed by atoms with E-state index in [1.54, 1.807) is 0 Å². The second-order valence-corrected chi connectivity index (χ2v) is 4.89. The molecule has 0 N–H and O–H groups in total. The Morgan fingerprint density at radius 1 is 0.950 bits per heavy atom. The van der Waals surface area contributed by atoms with Crippen LogP contribution in [0.5, 0.6) is 0 Å². The smallest absolute Gasteiger partial charge is 0.230 e. The molecule has 0 radical (unpaired) electrons. The van der Waals surface area contributed by atoms with Gasteiger partial charge in [-0.1, -0.05) is 30.3 Å². The first-order valence-corrected chi connectivity index (χ1v) is 6.65. The van der Waals surface area contributed by atoms with E-state index in [2.05, 4.69) is 15.2 Å². The van der Waals surface area contributed by atoms with Gasteiger partial charge in [0.15, 0.2) is 5.82 Å². The summed E-state index contributed by atoms with van der Waals surface area (Å²) in [5.41, 5.74) is 3.72. The summed E-state index contributed by atoms with van der Waals surface area (Å²) in [6.07, 6.45) is 0. The van der Waals surface area contributed by atoms with Crippen LogP contribution in [0, 0.1) is 13.8 Å². The molecule has 0 amide bonds. The predicted octanol–water partition coefficient (Wildman–Crippen LogP) is 3.60. The van der Waals surface area contributed by atoms with Crippen molar-refractivity contribution in [3.63, 3.8) is 0 Å².